The van der Waals surface area contributed by atoms with Crippen LogP contribution in [0.4, 0.5) is 0 Å². The van der Waals surface area contributed by atoms with E-state index in [1.54, 1.807) is 0 Å². The molecule has 0 radical (unpaired) electrons. The minimum atomic E-state index is -0.444. The molecule has 0 bridgehead atoms. The molecular weight excluding hydrogens is 260 g/mol. The molecule has 1 saturated heterocycles. The summed E-state index contributed by atoms with van der Waals surface area (Å²) in [4.78, 5) is 23.1. The predicted octanol–water partition coefficient (Wildman–Crippen LogP) is 0.673. The number of esters is 1. The molecule has 0 aromatic carbocycles. The second kappa shape index (κ2) is 6.56. The van der Waals surface area contributed by atoms with E-state index in [9.17, 15) is 9.59 Å². The van der Waals surface area contributed by atoms with E-state index in [2.05, 4.69) is 14.6 Å². The Morgan fingerprint density at radius 2 is 1.95 bits per heavy atom. The Morgan fingerprint density at radius 1 is 1.30 bits per heavy atom. The average molecular weight is 280 g/mol. The highest BCUT2D eigenvalue weighted by Gasteiger charge is 2.36. The number of methoxy groups -OCH3 is 1. The number of ether oxygens (including phenoxy) is 2. The summed E-state index contributed by atoms with van der Waals surface area (Å²) in [6, 6.07) is 3.90. The van der Waals surface area contributed by atoms with Gasteiger partial charge in [-0.25, -0.2) is 0 Å². The molecule has 0 saturated carbocycles. The van der Waals surface area contributed by atoms with Crippen LogP contribution in [0.25, 0.3) is 0 Å². The zero-order valence-corrected chi connectivity index (χ0v) is 11.6. The van der Waals surface area contributed by atoms with E-state index >= 15 is 0 Å². The van der Waals surface area contributed by atoms with Gasteiger partial charge in [0.25, 0.3) is 0 Å². The van der Waals surface area contributed by atoms with Crippen molar-refractivity contribution in [3.05, 3.63) is 24.5 Å². The fourth-order valence-corrected chi connectivity index (χ4v) is 2.53. The highest BCUT2D eigenvalue weighted by atomic mass is 16.5. The topological polar surface area (TPSA) is 69.6 Å². The largest absolute Gasteiger partial charge is 0.468 e. The van der Waals surface area contributed by atoms with Crippen LogP contribution >= 0.6 is 0 Å². The molecule has 110 valence electrons. The van der Waals surface area contributed by atoms with Crippen molar-refractivity contribution in [2.45, 2.75) is 24.8 Å². The number of carbonyl (C=O) groups excluding carboxylic acids is 2. The molecule has 1 fully saturated rings. The van der Waals surface area contributed by atoms with E-state index < -0.39 is 5.97 Å². The zero-order valence-electron chi connectivity index (χ0n) is 11.6. The van der Waals surface area contributed by atoms with Crippen molar-refractivity contribution in [3.8, 4) is 0 Å². The SMILES string of the molecule is COC(=O)CNC(=O)CC1(n2cccc2)CCOCC1. The van der Waals surface area contributed by atoms with Crippen LogP contribution < -0.4 is 5.32 Å². The number of nitrogens with one attached hydrogen (secondary N) is 1. The molecule has 20 heavy (non-hydrogen) atoms. The standard InChI is InChI=1S/C14H20N2O4/c1-19-13(18)11-15-12(17)10-14(4-8-20-9-5-14)16-6-2-3-7-16/h2-3,6-7H,4-5,8-11H2,1H3,(H,15,17). The molecule has 0 atom stereocenters. The highest BCUT2D eigenvalue weighted by Crippen LogP contribution is 2.32. The van der Waals surface area contributed by atoms with Gasteiger partial charge >= 0.3 is 5.97 Å². The molecule has 1 aliphatic heterocycles. The van der Waals surface area contributed by atoms with Crippen molar-refractivity contribution in [2.24, 2.45) is 0 Å². The lowest BCUT2D eigenvalue weighted by molar-refractivity contribution is -0.141. The van der Waals surface area contributed by atoms with E-state index in [0.29, 0.717) is 19.6 Å². The molecule has 2 heterocycles. The Kier molecular flexibility index (Phi) is 4.79. The molecule has 0 unspecified atom stereocenters. The molecule has 2 rings (SSSR count). The summed E-state index contributed by atoms with van der Waals surface area (Å²) in [7, 11) is 1.30. The second-order valence-electron chi connectivity index (χ2n) is 4.96. The molecule has 1 aromatic rings. The quantitative estimate of drug-likeness (QED) is 0.805. The first-order valence-corrected chi connectivity index (χ1v) is 6.71. The fraction of sp³-hybridized carbons (Fsp3) is 0.571. The van der Waals surface area contributed by atoms with E-state index in [4.69, 9.17) is 4.74 Å². The van der Waals surface area contributed by atoms with Crippen molar-refractivity contribution in [1.82, 2.24) is 9.88 Å². The van der Waals surface area contributed by atoms with E-state index in [1.165, 1.54) is 7.11 Å². The maximum atomic E-state index is 12.1. The van der Waals surface area contributed by atoms with Gasteiger partial charge in [0.15, 0.2) is 0 Å². The van der Waals surface area contributed by atoms with Gasteiger partial charge in [-0.15, -0.1) is 0 Å². The average Bonchev–Trinajstić information content (AvgIpc) is 3.00. The normalized spacial score (nSPS) is 17.4. The van der Waals surface area contributed by atoms with Crippen molar-refractivity contribution in [2.75, 3.05) is 26.9 Å². The van der Waals surface area contributed by atoms with Gasteiger partial charge in [-0.1, -0.05) is 0 Å². The zero-order chi connectivity index (χ0) is 14.4. The molecule has 0 aliphatic carbocycles. The molecule has 1 aromatic heterocycles. The third-order valence-electron chi connectivity index (χ3n) is 3.72. The van der Waals surface area contributed by atoms with Crippen LogP contribution in [-0.2, 0) is 24.6 Å². The van der Waals surface area contributed by atoms with Gasteiger partial charge in [-0.2, -0.15) is 0 Å². The molecule has 1 amide bonds. The number of nitrogens with zero attached hydrogens (tertiary/aromatic N) is 1. The second-order valence-corrected chi connectivity index (χ2v) is 4.96. The first-order chi connectivity index (χ1) is 9.66. The van der Waals surface area contributed by atoms with E-state index in [0.717, 1.165) is 12.8 Å². The third kappa shape index (κ3) is 3.39. The monoisotopic (exact) mass is 280 g/mol. The fourth-order valence-electron chi connectivity index (χ4n) is 2.53. The lowest BCUT2D eigenvalue weighted by Crippen LogP contribution is -2.44. The number of hydrogen-bond acceptors (Lipinski definition) is 4. The van der Waals surface area contributed by atoms with Crippen LogP contribution in [0.1, 0.15) is 19.3 Å². The summed E-state index contributed by atoms with van der Waals surface area (Å²) >= 11 is 0. The van der Waals surface area contributed by atoms with E-state index in [1.807, 2.05) is 24.5 Å². The van der Waals surface area contributed by atoms with Crippen LogP contribution in [0.5, 0.6) is 0 Å². The summed E-state index contributed by atoms with van der Waals surface area (Å²) in [5.74, 6) is -0.591. The van der Waals surface area contributed by atoms with Gasteiger partial charge in [0, 0.05) is 25.6 Å². The first-order valence-electron chi connectivity index (χ1n) is 6.71. The maximum Gasteiger partial charge on any atom is 0.325 e. The van der Waals surface area contributed by atoms with Gasteiger partial charge in [0.1, 0.15) is 6.54 Å². The van der Waals surface area contributed by atoms with Crippen LogP contribution in [0.2, 0.25) is 0 Å². The molecule has 1 N–H and O–H groups in total. The van der Waals surface area contributed by atoms with Gasteiger partial charge in [0.2, 0.25) is 5.91 Å². The summed E-state index contributed by atoms with van der Waals surface area (Å²) in [5.41, 5.74) is -0.262. The van der Waals surface area contributed by atoms with Crippen molar-refractivity contribution in [3.63, 3.8) is 0 Å². The molecule has 0 spiro atoms. The van der Waals surface area contributed by atoms with Crippen LogP contribution in [0, 0.1) is 0 Å². The Morgan fingerprint density at radius 3 is 2.55 bits per heavy atom. The van der Waals surface area contributed by atoms with E-state index in [-0.39, 0.29) is 18.0 Å². The highest BCUT2D eigenvalue weighted by molar-refractivity contribution is 5.82. The summed E-state index contributed by atoms with van der Waals surface area (Å²) in [6.45, 7) is 1.19. The first kappa shape index (κ1) is 14.6. The van der Waals surface area contributed by atoms with Crippen LogP contribution in [0.3, 0.4) is 0 Å². The number of hydrogen-bond donors (Lipinski definition) is 1. The predicted molar refractivity (Wildman–Crippen MR) is 72.1 cm³/mol. The van der Waals surface area contributed by atoms with Gasteiger partial charge in [-0.3, -0.25) is 9.59 Å². The summed E-state index contributed by atoms with van der Waals surface area (Å²) in [5, 5.41) is 2.60. The third-order valence-corrected chi connectivity index (χ3v) is 3.72. The van der Waals surface area contributed by atoms with Gasteiger partial charge in [0.05, 0.1) is 19.1 Å². The van der Waals surface area contributed by atoms with Crippen molar-refractivity contribution >= 4 is 11.9 Å². The Balaban J connectivity index is 2.01. The minimum Gasteiger partial charge on any atom is -0.468 e. The van der Waals surface area contributed by atoms with Crippen LogP contribution in [-0.4, -0.2) is 43.3 Å². The van der Waals surface area contributed by atoms with Gasteiger partial charge < -0.3 is 19.4 Å². The number of carbonyl (C=O) groups is 2. The maximum absolute atomic E-state index is 12.1. The molecule has 1 aliphatic rings. The number of amides is 1. The Bertz CT molecular complexity index is 450. The summed E-state index contributed by atoms with van der Waals surface area (Å²) < 4.78 is 12.0. The van der Waals surface area contributed by atoms with Crippen molar-refractivity contribution < 1.29 is 19.1 Å². The number of aromatic nitrogens is 1. The molecule has 6 nitrogen and oxygen atoms in total. The number of rotatable bonds is 5. The van der Waals surface area contributed by atoms with Crippen LogP contribution in [0.15, 0.2) is 24.5 Å². The summed E-state index contributed by atoms with van der Waals surface area (Å²) in [6.07, 6.45) is 5.85. The molecule has 6 heteroatoms. The van der Waals surface area contributed by atoms with Crippen molar-refractivity contribution in [1.29, 1.82) is 0 Å². The smallest absolute Gasteiger partial charge is 0.325 e. The lowest BCUT2D eigenvalue weighted by atomic mass is 9.86. The lowest BCUT2D eigenvalue weighted by Gasteiger charge is -2.38. The van der Waals surface area contributed by atoms with Gasteiger partial charge in [-0.05, 0) is 25.0 Å². The molecular formula is C14H20N2O4. The Labute approximate surface area is 118 Å². The minimum absolute atomic E-state index is 0.0897. The Hall–Kier alpha value is -1.82.